The summed E-state index contributed by atoms with van der Waals surface area (Å²) in [6.45, 7) is 3.14. The van der Waals surface area contributed by atoms with Crippen molar-refractivity contribution in [1.29, 1.82) is 0 Å². The molecule has 78 heavy (non-hydrogen) atoms. The predicted octanol–water partition coefficient (Wildman–Crippen LogP) is -2.06. The van der Waals surface area contributed by atoms with E-state index in [0.29, 0.717) is 25.7 Å². The highest BCUT2D eigenvalue weighted by molar-refractivity contribution is 8.77. The van der Waals surface area contributed by atoms with E-state index in [1.807, 2.05) is 24.3 Å². The molecule has 1 unspecified atom stereocenters. The van der Waals surface area contributed by atoms with Crippen LogP contribution in [0.15, 0.2) is 35.5 Å². The fourth-order valence-electron chi connectivity index (χ4n) is 9.72. The minimum atomic E-state index is -1.75. The van der Waals surface area contributed by atoms with Gasteiger partial charge in [-0.2, -0.15) is 0 Å². The van der Waals surface area contributed by atoms with Crippen molar-refractivity contribution >= 4 is 103 Å². The van der Waals surface area contributed by atoms with E-state index >= 15 is 0 Å². The number of carbonyl (C=O) groups excluding carboxylic acids is 11. The van der Waals surface area contributed by atoms with Gasteiger partial charge in [0.1, 0.15) is 42.3 Å². The Labute approximate surface area is 459 Å². The summed E-state index contributed by atoms with van der Waals surface area (Å²) in [6, 6.07) is -2.17. The standard InChI is InChI=1S/C50H75N15O11S2/c1-3-27(2)41-47(75)61-32(15-16-37(51)66)43(71)62-34(22-38(52)67)44(72)63-35(48(76)65-20-10-14-36(65)46(74)60-31(13-9-19-56-49(54)55)42(70)58-25-39(53)68)26-77-78-50(17-7-4-8-18-50)23-40(69)59-33(45(73)64-41)21-28-24-57-30-12-6-5-11-29(28)30/h5-6,11-12,24,27,31-36,41,57H,3-4,7-10,13-23,25-26H2,1-2H3,(H2,51,66)(H2,52,67)(H2,53,68)(H,58,70)(H,59,69)(H,60,74)(H,61,75)(H,62,71)(H,63,72)(H,64,73)(H4,54,55,56)/t27-,31+,32?,33-,34+,35+,36+,41-/m1/s1. The number of para-hydroxylation sites is 1. The van der Waals surface area contributed by atoms with E-state index in [-0.39, 0.29) is 63.3 Å². The molecular formula is C50H75N15O11S2. The molecule has 11 amide bonds. The molecule has 3 heterocycles. The zero-order valence-electron chi connectivity index (χ0n) is 44.0. The van der Waals surface area contributed by atoms with Crippen molar-refractivity contribution in [2.24, 2.45) is 39.6 Å². The van der Waals surface area contributed by atoms with Gasteiger partial charge in [0, 0.05) is 60.0 Å². The van der Waals surface area contributed by atoms with E-state index in [2.05, 4.69) is 47.2 Å². The Kier molecular flexibility index (Phi) is 23.4. The van der Waals surface area contributed by atoms with Crippen molar-refractivity contribution in [1.82, 2.24) is 47.1 Å². The SMILES string of the molecule is CC[C@@H](C)[C@H]1NC(=O)[C@@H](Cc2c[nH]c3ccccc23)NC(=O)CC2(CCCCC2)SSC[C@@H](C(=O)N2CCC[C@H]2C(=O)N[C@@H](CCCN=C(N)N)C(=O)NCC(N)=O)NC(=O)[C@H](CC(N)=O)NC(=O)C(CCC(N)=O)NC1=O. The van der Waals surface area contributed by atoms with E-state index < -0.39 is 137 Å². The maximum Gasteiger partial charge on any atom is 0.246 e. The number of hydrogen-bond donors (Lipinski definition) is 13. The number of aromatic amines is 1. The number of likely N-dealkylation sites (tertiary alicyclic amines) is 1. The molecule has 3 fully saturated rings. The molecule has 1 aromatic carbocycles. The number of aromatic nitrogens is 1. The number of nitrogens with one attached hydrogen (secondary N) is 8. The Morgan fingerprint density at radius 1 is 0.821 bits per heavy atom. The Morgan fingerprint density at radius 3 is 2.19 bits per heavy atom. The van der Waals surface area contributed by atoms with Gasteiger partial charge in [-0.3, -0.25) is 57.7 Å². The van der Waals surface area contributed by atoms with Crippen LogP contribution >= 0.6 is 21.6 Å². The highest BCUT2D eigenvalue weighted by Crippen LogP contribution is 2.48. The summed E-state index contributed by atoms with van der Waals surface area (Å²) in [5, 5.41) is 19.4. The van der Waals surface area contributed by atoms with Crippen LogP contribution in [-0.4, -0.2) is 153 Å². The summed E-state index contributed by atoms with van der Waals surface area (Å²) >= 11 is 0. The summed E-state index contributed by atoms with van der Waals surface area (Å²) in [5.74, 6) is -9.80. The summed E-state index contributed by atoms with van der Waals surface area (Å²) in [6.07, 6.45) is 4.84. The van der Waals surface area contributed by atoms with E-state index in [4.69, 9.17) is 28.7 Å². The van der Waals surface area contributed by atoms with Crippen molar-refractivity contribution in [3.05, 3.63) is 36.0 Å². The van der Waals surface area contributed by atoms with E-state index in [1.54, 1.807) is 20.0 Å². The van der Waals surface area contributed by atoms with Gasteiger partial charge >= 0.3 is 0 Å². The third-order valence-corrected chi connectivity index (χ3v) is 17.4. The van der Waals surface area contributed by atoms with Gasteiger partial charge in [-0.1, -0.05) is 79.3 Å². The Balaban J connectivity index is 1.53. The first-order valence-corrected chi connectivity index (χ1v) is 28.6. The fraction of sp³-hybridized carbons (Fsp3) is 0.600. The molecule has 2 aliphatic heterocycles. The molecule has 0 bridgehead atoms. The number of benzene rings is 1. The lowest BCUT2D eigenvalue weighted by Gasteiger charge is -2.37. The van der Waals surface area contributed by atoms with Crippen molar-refractivity contribution in [2.45, 2.75) is 157 Å². The highest BCUT2D eigenvalue weighted by Gasteiger charge is 2.42. The molecular weight excluding hydrogens is 1050 g/mol. The van der Waals surface area contributed by atoms with Crippen LogP contribution in [0, 0.1) is 5.92 Å². The van der Waals surface area contributed by atoms with Crippen LogP contribution in [0.1, 0.15) is 109 Å². The van der Waals surface area contributed by atoms with Crippen molar-refractivity contribution in [3.63, 3.8) is 0 Å². The van der Waals surface area contributed by atoms with Gasteiger partial charge in [0.25, 0.3) is 0 Å². The summed E-state index contributed by atoms with van der Waals surface area (Å²) < 4.78 is -0.726. The maximum absolute atomic E-state index is 14.9. The Morgan fingerprint density at radius 2 is 1.51 bits per heavy atom. The number of primary amides is 3. The van der Waals surface area contributed by atoms with Gasteiger partial charge < -0.3 is 75.8 Å². The largest absolute Gasteiger partial charge is 0.370 e. The number of amides is 11. The summed E-state index contributed by atoms with van der Waals surface area (Å²) in [7, 11) is 2.54. The molecule has 1 aromatic heterocycles. The number of hydrogen-bond acceptors (Lipinski definition) is 14. The minimum absolute atomic E-state index is 0.0243. The molecule has 1 aliphatic carbocycles. The molecule has 1 spiro atoms. The third kappa shape index (κ3) is 18.3. The second-order valence-corrected chi connectivity index (χ2v) is 22.9. The maximum atomic E-state index is 14.9. The summed E-state index contributed by atoms with van der Waals surface area (Å²) in [4.78, 5) is 159. The first-order chi connectivity index (χ1) is 37.1. The van der Waals surface area contributed by atoms with Crippen LogP contribution in [0.2, 0.25) is 0 Å². The van der Waals surface area contributed by atoms with Crippen LogP contribution in [-0.2, 0) is 59.2 Å². The number of nitrogens with two attached hydrogens (primary N) is 5. The normalized spacial score (nSPS) is 23.5. The quantitative estimate of drug-likeness (QED) is 0.0311. The molecule has 1 saturated carbocycles. The fourth-order valence-corrected chi connectivity index (χ4v) is 13.1. The van der Waals surface area contributed by atoms with Crippen LogP contribution in [0.4, 0.5) is 0 Å². The van der Waals surface area contributed by atoms with Crippen LogP contribution in [0.3, 0.4) is 0 Å². The van der Waals surface area contributed by atoms with Crippen molar-refractivity contribution in [2.75, 3.05) is 25.4 Å². The molecule has 5 rings (SSSR count). The Hall–Kier alpha value is -7.10. The zero-order chi connectivity index (χ0) is 57.1. The monoisotopic (exact) mass is 1130 g/mol. The number of carbonyl (C=O) groups is 11. The number of guanidine groups is 1. The number of nitrogens with zero attached hydrogens (tertiary/aromatic N) is 2. The highest BCUT2D eigenvalue weighted by atomic mass is 33.1. The first-order valence-electron chi connectivity index (χ1n) is 26.3. The molecule has 8 atom stereocenters. The average molecular weight is 1130 g/mol. The van der Waals surface area contributed by atoms with Crippen LogP contribution in [0.5, 0.6) is 0 Å². The van der Waals surface area contributed by atoms with E-state index in [0.717, 1.165) is 35.7 Å². The number of fused-ring (bicyclic) bond motifs is 1. The van der Waals surface area contributed by atoms with Gasteiger partial charge in [0.05, 0.1) is 13.0 Å². The second-order valence-electron chi connectivity index (χ2n) is 20.1. The third-order valence-electron chi connectivity index (χ3n) is 14.1. The topological polar surface area (TPSA) is 433 Å². The lowest BCUT2D eigenvalue weighted by Crippen LogP contribution is -2.61. The molecule has 3 aliphatic rings. The Bertz CT molecular complexity index is 2550. The van der Waals surface area contributed by atoms with Gasteiger partial charge in [-0.25, -0.2) is 0 Å². The molecule has 2 saturated heterocycles. The predicted molar refractivity (Wildman–Crippen MR) is 293 cm³/mol. The van der Waals surface area contributed by atoms with Crippen LogP contribution in [0.25, 0.3) is 10.9 Å². The van der Waals surface area contributed by atoms with Gasteiger partial charge in [0.15, 0.2) is 5.96 Å². The average Bonchev–Trinajstić information content (AvgIpc) is 4.07. The molecule has 428 valence electrons. The smallest absolute Gasteiger partial charge is 0.246 e. The lowest BCUT2D eigenvalue weighted by atomic mass is 9.85. The van der Waals surface area contributed by atoms with E-state index in [9.17, 15) is 52.7 Å². The number of aliphatic imine (C=N–C) groups is 1. The lowest BCUT2D eigenvalue weighted by molar-refractivity contribution is -0.142. The molecule has 18 N–H and O–H groups in total. The first kappa shape index (κ1) is 61.7. The minimum Gasteiger partial charge on any atom is -0.370 e. The second kappa shape index (κ2) is 29.6. The molecule has 26 nitrogen and oxygen atoms in total. The van der Waals surface area contributed by atoms with Crippen molar-refractivity contribution in [3.8, 4) is 0 Å². The van der Waals surface area contributed by atoms with E-state index in [1.165, 1.54) is 26.5 Å². The molecule has 0 radical (unpaired) electrons. The molecule has 28 heteroatoms. The van der Waals surface area contributed by atoms with Gasteiger partial charge in [-0.05, 0) is 62.5 Å². The summed E-state index contributed by atoms with van der Waals surface area (Å²) in [5.41, 5.74) is 28.8. The number of rotatable bonds is 19. The number of H-pyrrole nitrogens is 1. The van der Waals surface area contributed by atoms with Crippen molar-refractivity contribution < 1.29 is 52.7 Å². The zero-order valence-corrected chi connectivity index (χ0v) is 45.7. The molecule has 2 aromatic rings. The van der Waals surface area contributed by atoms with Gasteiger partial charge in [0.2, 0.25) is 65.0 Å². The van der Waals surface area contributed by atoms with Crippen LogP contribution < -0.4 is 65.9 Å². The van der Waals surface area contributed by atoms with Gasteiger partial charge in [-0.15, -0.1) is 0 Å².